The monoisotopic (exact) mass is 392 g/mol. The lowest BCUT2D eigenvalue weighted by molar-refractivity contribution is 0.0924. The number of rotatable bonds is 10. The third kappa shape index (κ3) is 5.72. The molecule has 0 unspecified atom stereocenters. The van der Waals surface area contributed by atoms with Gasteiger partial charge in [-0.2, -0.15) is 0 Å². The maximum atomic E-state index is 12.6. The molecule has 0 aliphatic heterocycles. The highest BCUT2D eigenvalue weighted by Crippen LogP contribution is 2.24. The number of nitrogens with zero attached hydrogens (tertiary/aromatic N) is 1. The molecule has 0 aliphatic carbocycles. The van der Waals surface area contributed by atoms with Crippen LogP contribution in [0.25, 0.3) is 11.1 Å². The summed E-state index contributed by atoms with van der Waals surface area (Å²) in [7, 11) is 0. The topological polar surface area (TPSA) is 54.7 Å². The first kappa shape index (κ1) is 20.7. The van der Waals surface area contributed by atoms with Gasteiger partial charge in [0.25, 0.3) is 5.91 Å². The summed E-state index contributed by atoms with van der Waals surface area (Å²) in [6.07, 6.45) is 1.54. The van der Waals surface area contributed by atoms with Gasteiger partial charge in [0.15, 0.2) is 5.76 Å². The van der Waals surface area contributed by atoms with E-state index >= 15 is 0 Å². The Bertz CT molecular complexity index is 884. The van der Waals surface area contributed by atoms with E-state index in [1.807, 2.05) is 60.7 Å². The van der Waals surface area contributed by atoms with Crippen LogP contribution >= 0.6 is 0 Å². The molecule has 0 fully saturated rings. The first-order valence-electron chi connectivity index (χ1n) is 10.1. The van der Waals surface area contributed by atoms with Gasteiger partial charge in [0.05, 0.1) is 6.26 Å². The summed E-state index contributed by atoms with van der Waals surface area (Å²) in [5.74, 6) is 0.936. The minimum atomic E-state index is -0.228. The summed E-state index contributed by atoms with van der Waals surface area (Å²) in [4.78, 5) is 14.9. The van der Waals surface area contributed by atoms with Gasteiger partial charge in [0, 0.05) is 18.7 Å². The lowest BCUT2D eigenvalue weighted by atomic mass is 10.1. The van der Waals surface area contributed by atoms with Gasteiger partial charge in [0.1, 0.15) is 12.4 Å². The lowest BCUT2D eigenvalue weighted by Gasteiger charge is -2.18. The normalized spacial score (nSPS) is 10.9. The van der Waals surface area contributed by atoms with E-state index in [2.05, 4.69) is 24.1 Å². The van der Waals surface area contributed by atoms with Crippen LogP contribution in [-0.2, 0) is 6.54 Å². The van der Waals surface area contributed by atoms with Gasteiger partial charge >= 0.3 is 0 Å². The van der Waals surface area contributed by atoms with Gasteiger partial charge in [-0.1, -0.05) is 56.3 Å². The molecule has 0 saturated carbocycles. The largest absolute Gasteiger partial charge is 0.492 e. The second-order valence-corrected chi connectivity index (χ2v) is 6.73. The van der Waals surface area contributed by atoms with Crippen LogP contribution in [-0.4, -0.2) is 37.0 Å². The zero-order valence-electron chi connectivity index (χ0n) is 17.1. The number of benzene rings is 2. The number of hydrogen-bond donors (Lipinski definition) is 1. The van der Waals surface area contributed by atoms with E-state index < -0.39 is 0 Å². The SMILES string of the molecule is CCN(CC)CCOc1ccc(CNC(=O)c2occc2-c2ccccc2)cc1. The van der Waals surface area contributed by atoms with E-state index in [9.17, 15) is 4.79 Å². The van der Waals surface area contributed by atoms with Crippen LogP contribution in [0.4, 0.5) is 0 Å². The van der Waals surface area contributed by atoms with Crippen LogP contribution in [0.1, 0.15) is 30.0 Å². The molecule has 5 nitrogen and oxygen atoms in total. The molecule has 152 valence electrons. The van der Waals surface area contributed by atoms with Crippen molar-refractivity contribution in [3.8, 4) is 16.9 Å². The minimum Gasteiger partial charge on any atom is -0.492 e. The highest BCUT2D eigenvalue weighted by molar-refractivity contribution is 5.98. The zero-order chi connectivity index (χ0) is 20.5. The summed E-state index contributed by atoms with van der Waals surface area (Å²) in [5.41, 5.74) is 2.75. The van der Waals surface area contributed by atoms with Crippen LogP contribution in [0.5, 0.6) is 5.75 Å². The van der Waals surface area contributed by atoms with Crippen molar-refractivity contribution < 1.29 is 13.9 Å². The van der Waals surface area contributed by atoms with Crippen molar-refractivity contribution in [2.24, 2.45) is 0 Å². The zero-order valence-corrected chi connectivity index (χ0v) is 17.1. The fourth-order valence-electron chi connectivity index (χ4n) is 3.13. The van der Waals surface area contributed by atoms with Gasteiger partial charge in [-0.25, -0.2) is 0 Å². The maximum absolute atomic E-state index is 12.6. The summed E-state index contributed by atoms with van der Waals surface area (Å²) in [6, 6.07) is 19.4. The van der Waals surface area contributed by atoms with Crippen LogP contribution in [0.15, 0.2) is 71.3 Å². The molecule has 1 aromatic heterocycles. The van der Waals surface area contributed by atoms with Crippen molar-refractivity contribution in [2.45, 2.75) is 20.4 Å². The smallest absolute Gasteiger partial charge is 0.287 e. The molecule has 0 spiro atoms. The highest BCUT2D eigenvalue weighted by Gasteiger charge is 2.16. The van der Waals surface area contributed by atoms with E-state index in [4.69, 9.17) is 9.15 Å². The van der Waals surface area contributed by atoms with Crippen molar-refractivity contribution in [3.05, 3.63) is 78.3 Å². The molecular weight excluding hydrogens is 364 g/mol. The predicted octanol–water partition coefficient (Wildman–Crippen LogP) is 4.60. The molecule has 1 N–H and O–H groups in total. The van der Waals surface area contributed by atoms with Crippen LogP contribution < -0.4 is 10.1 Å². The molecule has 3 aromatic rings. The first-order valence-corrected chi connectivity index (χ1v) is 10.1. The van der Waals surface area contributed by atoms with Crippen molar-refractivity contribution in [3.63, 3.8) is 0 Å². The number of furan rings is 1. The molecule has 0 aliphatic rings. The number of carbonyl (C=O) groups excluding carboxylic acids is 1. The molecule has 0 radical (unpaired) electrons. The van der Waals surface area contributed by atoms with Gasteiger partial charge < -0.3 is 19.4 Å². The van der Waals surface area contributed by atoms with Crippen molar-refractivity contribution in [2.75, 3.05) is 26.2 Å². The molecule has 2 aromatic carbocycles. The quantitative estimate of drug-likeness (QED) is 0.548. The highest BCUT2D eigenvalue weighted by atomic mass is 16.5. The fourth-order valence-corrected chi connectivity index (χ4v) is 3.13. The number of likely N-dealkylation sites (N-methyl/N-ethyl adjacent to an activating group) is 1. The molecule has 0 bridgehead atoms. The molecule has 3 rings (SSSR count). The van der Waals surface area contributed by atoms with Crippen LogP contribution in [0.2, 0.25) is 0 Å². The number of carbonyl (C=O) groups is 1. The van der Waals surface area contributed by atoms with Gasteiger partial charge in [-0.15, -0.1) is 0 Å². The number of ether oxygens (including phenoxy) is 1. The predicted molar refractivity (Wildman–Crippen MR) is 115 cm³/mol. The Morgan fingerprint density at radius 2 is 1.72 bits per heavy atom. The van der Waals surface area contributed by atoms with E-state index in [0.717, 1.165) is 42.1 Å². The number of amides is 1. The van der Waals surface area contributed by atoms with Crippen molar-refractivity contribution in [1.29, 1.82) is 0 Å². The second-order valence-electron chi connectivity index (χ2n) is 6.73. The Balaban J connectivity index is 1.52. The Kier molecular flexibility index (Phi) is 7.47. The Morgan fingerprint density at radius 3 is 2.41 bits per heavy atom. The molecule has 0 saturated heterocycles. The molecule has 29 heavy (non-hydrogen) atoms. The Morgan fingerprint density at radius 1 is 1.00 bits per heavy atom. The summed E-state index contributed by atoms with van der Waals surface area (Å²) < 4.78 is 11.2. The standard InChI is InChI=1S/C24H28N2O3/c1-3-26(4-2)15-17-28-21-12-10-19(11-13-21)18-25-24(27)23-22(14-16-29-23)20-8-6-5-7-9-20/h5-14,16H,3-4,15,17-18H2,1-2H3,(H,25,27). The second kappa shape index (κ2) is 10.5. The van der Waals surface area contributed by atoms with E-state index in [0.29, 0.717) is 18.9 Å². The molecule has 1 heterocycles. The third-order valence-corrected chi connectivity index (χ3v) is 4.90. The molecular formula is C24H28N2O3. The van der Waals surface area contributed by atoms with Crippen molar-refractivity contribution in [1.82, 2.24) is 10.2 Å². The lowest BCUT2D eigenvalue weighted by Crippen LogP contribution is -2.27. The molecule has 0 atom stereocenters. The average Bonchev–Trinajstić information content (AvgIpc) is 3.27. The van der Waals surface area contributed by atoms with E-state index in [1.54, 1.807) is 6.26 Å². The van der Waals surface area contributed by atoms with E-state index in [1.165, 1.54) is 0 Å². The first-order chi connectivity index (χ1) is 14.2. The van der Waals surface area contributed by atoms with Crippen molar-refractivity contribution >= 4 is 5.91 Å². The number of hydrogen-bond acceptors (Lipinski definition) is 4. The number of nitrogens with one attached hydrogen (secondary N) is 1. The van der Waals surface area contributed by atoms with Crippen LogP contribution in [0, 0.1) is 0 Å². The molecule has 5 heteroatoms. The maximum Gasteiger partial charge on any atom is 0.287 e. The van der Waals surface area contributed by atoms with Gasteiger partial charge in [-0.3, -0.25) is 4.79 Å². The fraction of sp³-hybridized carbons (Fsp3) is 0.292. The summed E-state index contributed by atoms with van der Waals surface area (Å²) >= 11 is 0. The van der Waals surface area contributed by atoms with E-state index in [-0.39, 0.29) is 5.91 Å². The Hall–Kier alpha value is -3.05. The summed E-state index contributed by atoms with van der Waals surface area (Å²) in [5, 5.41) is 2.92. The third-order valence-electron chi connectivity index (χ3n) is 4.90. The van der Waals surface area contributed by atoms with Crippen LogP contribution in [0.3, 0.4) is 0 Å². The minimum absolute atomic E-state index is 0.228. The van der Waals surface area contributed by atoms with Gasteiger partial charge in [0.2, 0.25) is 0 Å². The Labute approximate surface area is 172 Å². The average molecular weight is 392 g/mol. The molecule has 1 amide bonds. The summed E-state index contributed by atoms with van der Waals surface area (Å²) in [6.45, 7) is 8.36. The van der Waals surface area contributed by atoms with Gasteiger partial charge in [-0.05, 0) is 42.4 Å².